The van der Waals surface area contributed by atoms with Crippen LogP contribution in [0.15, 0.2) is 53.3 Å². The van der Waals surface area contributed by atoms with E-state index < -0.39 is 0 Å². The zero-order chi connectivity index (χ0) is 20.4. The van der Waals surface area contributed by atoms with Gasteiger partial charge in [-0.3, -0.25) is 9.59 Å². The van der Waals surface area contributed by atoms with E-state index in [4.69, 9.17) is 9.47 Å². The van der Waals surface area contributed by atoms with Crippen LogP contribution in [0.3, 0.4) is 0 Å². The number of nitrogens with zero attached hydrogens (tertiary/aromatic N) is 2. The highest BCUT2D eigenvalue weighted by molar-refractivity contribution is 5.95. The highest BCUT2D eigenvalue weighted by Gasteiger charge is 2.24. The van der Waals surface area contributed by atoms with Crippen LogP contribution in [-0.4, -0.2) is 56.2 Å². The van der Waals surface area contributed by atoms with Crippen molar-refractivity contribution in [2.75, 3.05) is 45.3 Å². The zero-order valence-corrected chi connectivity index (χ0v) is 16.5. The lowest BCUT2D eigenvalue weighted by atomic mass is 10.1. The first-order valence-corrected chi connectivity index (χ1v) is 9.49. The highest BCUT2D eigenvalue weighted by atomic mass is 16.5. The van der Waals surface area contributed by atoms with Crippen LogP contribution in [-0.2, 0) is 0 Å². The third kappa shape index (κ3) is 3.63. The fourth-order valence-corrected chi connectivity index (χ4v) is 3.75. The van der Waals surface area contributed by atoms with Crippen LogP contribution in [0.2, 0.25) is 0 Å². The summed E-state index contributed by atoms with van der Waals surface area (Å²) in [5.41, 5.74) is 2.17. The van der Waals surface area contributed by atoms with Crippen molar-refractivity contribution in [3.05, 3.63) is 64.4 Å². The third-order valence-electron chi connectivity index (χ3n) is 5.27. The molecule has 1 fully saturated rings. The zero-order valence-electron chi connectivity index (χ0n) is 16.5. The number of benzene rings is 2. The van der Waals surface area contributed by atoms with E-state index in [1.54, 1.807) is 38.5 Å². The summed E-state index contributed by atoms with van der Waals surface area (Å²) in [4.78, 5) is 31.8. The standard InChI is InChI=1S/C22H23N3O4/c1-28-19-8-7-15(13-20(19)29-2)22(27)25-11-9-24(10-12-25)18-14-21(26)23-17-6-4-3-5-16(17)18/h3-8,13-14H,9-12H2,1-2H3,(H,23,26). The second-order valence-electron chi connectivity index (χ2n) is 6.91. The highest BCUT2D eigenvalue weighted by Crippen LogP contribution is 2.29. The Hall–Kier alpha value is -3.48. The Kier molecular flexibility index (Phi) is 5.12. The number of carbonyl (C=O) groups is 1. The molecule has 0 aliphatic carbocycles. The van der Waals surface area contributed by atoms with Crippen LogP contribution in [0.5, 0.6) is 11.5 Å². The number of aromatic nitrogens is 1. The largest absolute Gasteiger partial charge is 0.493 e. The summed E-state index contributed by atoms with van der Waals surface area (Å²) in [6.45, 7) is 2.47. The number of rotatable bonds is 4. The molecule has 0 unspecified atom stereocenters. The summed E-state index contributed by atoms with van der Waals surface area (Å²) in [5.74, 6) is 1.09. The Morgan fingerprint density at radius 2 is 1.66 bits per heavy atom. The van der Waals surface area contributed by atoms with Crippen molar-refractivity contribution in [3.63, 3.8) is 0 Å². The Morgan fingerprint density at radius 3 is 2.38 bits per heavy atom. The minimum absolute atomic E-state index is 0.0404. The number of nitrogens with one attached hydrogen (secondary N) is 1. The average molecular weight is 393 g/mol. The summed E-state index contributed by atoms with van der Waals surface area (Å²) in [6.07, 6.45) is 0. The molecule has 0 bridgehead atoms. The molecule has 0 atom stereocenters. The van der Waals surface area contributed by atoms with Crippen molar-refractivity contribution in [2.45, 2.75) is 0 Å². The molecule has 2 heterocycles. The van der Waals surface area contributed by atoms with Gasteiger partial charge in [0.15, 0.2) is 11.5 Å². The van der Waals surface area contributed by atoms with Crippen molar-refractivity contribution >= 4 is 22.5 Å². The van der Waals surface area contributed by atoms with Crippen LogP contribution in [0.4, 0.5) is 5.69 Å². The minimum atomic E-state index is -0.123. The van der Waals surface area contributed by atoms with E-state index in [0.717, 1.165) is 16.6 Å². The number of hydrogen-bond donors (Lipinski definition) is 1. The molecule has 1 saturated heterocycles. The number of H-pyrrole nitrogens is 1. The maximum absolute atomic E-state index is 12.9. The minimum Gasteiger partial charge on any atom is -0.493 e. The number of anilines is 1. The molecule has 1 aliphatic rings. The Labute approximate surface area is 168 Å². The summed E-state index contributed by atoms with van der Waals surface area (Å²) in [5, 5.41) is 1.01. The van der Waals surface area contributed by atoms with Crippen LogP contribution < -0.4 is 19.9 Å². The molecule has 150 valence electrons. The van der Waals surface area contributed by atoms with E-state index in [1.807, 2.05) is 29.2 Å². The number of piperazine rings is 1. The van der Waals surface area contributed by atoms with Crippen molar-refractivity contribution in [1.82, 2.24) is 9.88 Å². The first-order valence-electron chi connectivity index (χ1n) is 9.49. The Balaban J connectivity index is 1.52. The number of carbonyl (C=O) groups excluding carboxylic acids is 1. The first-order chi connectivity index (χ1) is 14.1. The van der Waals surface area contributed by atoms with Gasteiger partial charge in [-0.15, -0.1) is 0 Å². The normalized spacial score (nSPS) is 14.1. The number of ether oxygens (including phenoxy) is 2. The monoisotopic (exact) mass is 393 g/mol. The van der Waals surface area contributed by atoms with Crippen LogP contribution in [0.1, 0.15) is 10.4 Å². The molecule has 0 radical (unpaired) electrons. The number of pyridine rings is 1. The van der Waals surface area contributed by atoms with Crippen molar-refractivity contribution in [3.8, 4) is 11.5 Å². The summed E-state index contributed by atoms with van der Waals surface area (Å²) in [7, 11) is 3.12. The smallest absolute Gasteiger partial charge is 0.254 e. The molecular formula is C22H23N3O4. The van der Waals surface area contributed by atoms with Crippen LogP contribution in [0.25, 0.3) is 10.9 Å². The lowest BCUT2D eigenvalue weighted by Gasteiger charge is -2.36. The molecule has 3 aromatic rings. The van der Waals surface area contributed by atoms with Gasteiger partial charge in [0.1, 0.15) is 0 Å². The molecule has 0 spiro atoms. The lowest BCUT2D eigenvalue weighted by molar-refractivity contribution is 0.0746. The number of hydrogen-bond acceptors (Lipinski definition) is 5. The van der Waals surface area contributed by atoms with Gasteiger partial charge in [-0.2, -0.15) is 0 Å². The SMILES string of the molecule is COc1ccc(C(=O)N2CCN(c3cc(=O)[nH]c4ccccc34)CC2)cc1OC. The van der Waals surface area contributed by atoms with Crippen LogP contribution in [0, 0.1) is 0 Å². The number of fused-ring (bicyclic) bond motifs is 1. The molecule has 29 heavy (non-hydrogen) atoms. The molecule has 1 aliphatic heterocycles. The molecule has 7 heteroatoms. The van der Waals surface area contributed by atoms with Crippen LogP contribution >= 0.6 is 0 Å². The second kappa shape index (κ2) is 7.87. The van der Waals surface area contributed by atoms with Gasteiger partial charge < -0.3 is 24.3 Å². The number of aromatic amines is 1. The van der Waals surface area contributed by atoms with Gasteiger partial charge in [-0.05, 0) is 24.3 Å². The van der Waals surface area contributed by atoms with Crippen molar-refractivity contribution in [1.29, 1.82) is 0 Å². The topological polar surface area (TPSA) is 74.9 Å². The maximum atomic E-state index is 12.9. The van der Waals surface area contributed by atoms with E-state index in [2.05, 4.69) is 9.88 Å². The van der Waals surface area contributed by atoms with E-state index in [0.29, 0.717) is 43.2 Å². The molecule has 4 rings (SSSR count). The second-order valence-corrected chi connectivity index (χ2v) is 6.91. The molecular weight excluding hydrogens is 370 g/mol. The third-order valence-corrected chi connectivity index (χ3v) is 5.27. The maximum Gasteiger partial charge on any atom is 0.254 e. The molecule has 1 N–H and O–H groups in total. The van der Waals surface area contributed by atoms with E-state index in [-0.39, 0.29) is 11.5 Å². The van der Waals surface area contributed by atoms with Gasteiger partial charge in [0.2, 0.25) is 5.56 Å². The Morgan fingerprint density at radius 1 is 0.931 bits per heavy atom. The number of amides is 1. The van der Waals surface area contributed by atoms with E-state index in [1.165, 1.54) is 0 Å². The lowest BCUT2D eigenvalue weighted by Crippen LogP contribution is -2.49. The molecule has 1 aromatic heterocycles. The summed E-state index contributed by atoms with van der Waals surface area (Å²) >= 11 is 0. The van der Waals surface area contributed by atoms with Gasteiger partial charge in [0.05, 0.1) is 25.4 Å². The average Bonchev–Trinajstić information content (AvgIpc) is 2.77. The molecule has 1 amide bonds. The van der Waals surface area contributed by atoms with Gasteiger partial charge in [-0.1, -0.05) is 18.2 Å². The molecule has 0 saturated carbocycles. The first kappa shape index (κ1) is 18.9. The van der Waals surface area contributed by atoms with Crippen molar-refractivity contribution < 1.29 is 14.3 Å². The predicted molar refractivity (Wildman–Crippen MR) is 112 cm³/mol. The van der Waals surface area contributed by atoms with Crippen molar-refractivity contribution in [2.24, 2.45) is 0 Å². The molecule has 7 nitrogen and oxygen atoms in total. The quantitative estimate of drug-likeness (QED) is 0.737. The van der Waals surface area contributed by atoms with Gasteiger partial charge in [0, 0.05) is 43.2 Å². The summed E-state index contributed by atoms with van der Waals surface area (Å²) < 4.78 is 10.5. The van der Waals surface area contributed by atoms with Gasteiger partial charge in [-0.25, -0.2) is 0 Å². The van der Waals surface area contributed by atoms with Gasteiger partial charge >= 0.3 is 0 Å². The summed E-state index contributed by atoms with van der Waals surface area (Å²) in [6, 6.07) is 14.6. The number of para-hydroxylation sites is 1. The number of methoxy groups -OCH3 is 2. The fraction of sp³-hybridized carbons (Fsp3) is 0.273. The Bertz CT molecular complexity index is 1100. The van der Waals surface area contributed by atoms with E-state index >= 15 is 0 Å². The fourth-order valence-electron chi connectivity index (χ4n) is 3.75. The van der Waals surface area contributed by atoms with E-state index in [9.17, 15) is 9.59 Å². The molecule has 2 aromatic carbocycles. The predicted octanol–water partition coefficient (Wildman–Crippen LogP) is 2.51. The van der Waals surface area contributed by atoms with Gasteiger partial charge in [0.25, 0.3) is 5.91 Å².